The number of nitrogens with zero attached hydrogens (tertiary/aromatic N) is 1. The molecule has 0 N–H and O–H groups in total. The molecular weight excluding hydrogens is 218 g/mol. The molecule has 0 aliphatic carbocycles. The molecule has 0 fully saturated rings. The average Bonchev–Trinajstić information content (AvgIpc) is 2.59. The first kappa shape index (κ1) is 22.6. The molecule has 0 saturated carbocycles. The Balaban J connectivity index is -0.000000409. The summed E-state index contributed by atoms with van der Waals surface area (Å²) in [6.45, 7) is 17.0. The van der Waals surface area contributed by atoms with E-state index in [1.165, 1.54) is 30.5 Å². The molecule has 0 radical (unpaired) electrons. The molecule has 0 aromatic heterocycles. The Morgan fingerprint density at radius 1 is 0.889 bits per heavy atom. The van der Waals surface area contributed by atoms with E-state index >= 15 is 0 Å². The summed E-state index contributed by atoms with van der Waals surface area (Å²) in [7, 11) is 0. The van der Waals surface area contributed by atoms with Gasteiger partial charge in [0.05, 0.1) is 0 Å². The van der Waals surface area contributed by atoms with Crippen molar-refractivity contribution in [3.05, 3.63) is 11.8 Å². The Kier molecular flexibility index (Phi) is 18.2. The van der Waals surface area contributed by atoms with E-state index in [0.29, 0.717) is 11.8 Å². The molecule has 0 aromatic rings. The van der Waals surface area contributed by atoms with Crippen LogP contribution in [0.2, 0.25) is 0 Å². The highest BCUT2D eigenvalue weighted by Gasteiger charge is 2.10. The molecule has 1 aliphatic heterocycles. The number of hydrogen-bond donors (Lipinski definition) is 0. The maximum Gasteiger partial charge on any atom is 0.0261 e. The van der Waals surface area contributed by atoms with Gasteiger partial charge in [-0.3, -0.25) is 4.99 Å². The van der Waals surface area contributed by atoms with Crippen molar-refractivity contribution >= 4 is 5.71 Å². The Bertz CT molecular complexity index is 198. The molecule has 1 heteroatoms. The molecule has 0 atom stereocenters. The van der Waals surface area contributed by atoms with Crippen LogP contribution in [0, 0.1) is 11.8 Å². The maximum absolute atomic E-state index is 4.58. The molecule has 0 unspecified atom stereocenters. The van der Waals surface area contributed by atoms with Crippen LogP contribution < -0.4 is 0 Å². The second-order valence-electron chi connectivity index (χ2n) is 4.49. The van der Waals surface area contributed by atoms with Crippen LogP contribution >= 0.6 is 0 Å². The summed E-state index contributed by atoms with van der Waals surface area (Å²) in [6, 6.07) is 0. The van der Waals surface area contributed by atoms with Gasteiger partial charge in [0, 0.05) is 11.9 Å². The summed E-state index contributed by atoms with van der Waals surface area (Å²) in [4.78, 5) is 4.58. The molecule has 0 bridgehead atoms. The highest BCUT2D eigenvalue weighted by atomic mass is 14.7. The Labute approximate surface area is 117 Å². The lowest BCUT2D eigenvalue weighted by molar-refractivity contribution is 0.690. The van der Waals surface area contributed by atoms with Gasteiger partial charge in [-0.15, -0.1) is 0 Å². The summed E-state index contributed by atoms with van der Waals surface area (Å²) in [5.74, 6) is 1.28. The van der Waals surface area contributed by atoms with Crippen LogP contribution in [0.4, 0.5) is 0 Å². The van der Waals surface area contributed by atoms with Crippen molar-refractivity contribution in [3.8, 4) is 0 Å². The lowest BCUT2D eigenvalue weighted by atomic mass is 9.97. The SMILES string of the molecule is C.CC.CC.CC(C)C1=CN=C(C(C)C)CCC1. The third-order valence-electron chi connectivity index (χ3n) is 2.70. The van der Waals surface area contributed by atoms with E-state index in [1.807, 2.05) is 27.7 Å². The second-order valence-corrected chi connectivity index (χ2v) is 4.49. The summed E-state index contributed by atoms with van der Waals surface area (Å²) in [5, 5.41) is 0. The molecule has 1 aliphatic rings. The fourth-order valence-corrected chi connectivity index (χ4v) is 1.64. The quantitative estimate of drug-likeness (QED) is 0.534. The minimum atomic E-state index is 0. The van der Waals surface area contributed by atoms with E-state index in [1.54, 1.807) is 0 Å². The number of rotatable bonds is 2. The Morgan fingerprint density at radius 3 is 1.78 bits per heavy atom. The standard InChI is InChI=1S/C12H21N.2C2H6.CH4/c1-9(2)11-6-5-7-12(10(3)4)13-8-11;2*1-2;/h8-10H,5-7H2,1-4H3;2*1-2H3;1H4. The topological polar surface area (TPSA) is 12.4 Å². The summed E-state index contributed by atoms with van der Waals surface area (Å²) >= 11 is 0. The van der Waals surface area contributed by atoms with Gasteiger partial charge in [0.2, 0.25) is 0 Å². The third kappa shape index (κ3) is 9.44. The van der Waals surface area contributed by atoms with Crippen LogP contribution in [0.1, 0.15) is 82.1 Å². The van der Waals surface area contributed by atoms with E-state index in [0.717, 1.165) is 0 Å². The molecule has 0 aromatic carbocycles. The van der Waals surface area contributed by atoms with Gasteiger partial charge >= 0.3 is 0 Å². The highest BCUT2D eigenvalue weighted by molar-refractivity contribution is 5.87. The molecule has 1 rings (SSSR count). The van der Waals surface area contributed by atoms with Gasteiger partial charge in [-0.05, 0) is 36.7 Å². The van der Waals surface area contributed by atoms with Crippen LogP contribution in [0.25, 0.3) is 0 Å². The van der Waals surface area contributed by atoms with E-state index in [-0.39, 0.29) is 7.43 Å². The summed E-state index contributed by atoms with van der Waals surface area (Å²) < 4.78 is 0. The van der Waals surface area contributed by atoms with Gasteiger partial charge in [-0.1, -0.05) is 62.8 Å². The normalized spacial score (nSPS) is 14.1. The number of hydrogen-bond acceptors (Lipinski definition) is 1. The minimum Gasteiger partial charge on any atom is -0.265 e. The van der Waals surface area contributed by atoms with E-state index in [4.69, 9.17) is 0 Å². The predicted octanol–water partition coefficient (Wildman–Crippen LogP) is 6.50. The fraction of sp³-hybridized carbons (Fsp3) is 0.824. The first-order valence-corrected chi connectivity index (χ1v) is 7.36. The van der Waals surface area contributed by atoms with Crippen LogP contribution in [-0.2, 0) is 0 Å². The average molecular weight is 255 g/mol. The maximum atomic E-state index is 4.58. The van der Waals surface area contributed by atoms with Crippen molar-refractivity contribution in [3.63, 3.8) is 0 Å². The van der Waals surface area contributed by atoms with E-state index in [2.05, 4.69) is 38.9 Å². The first-order valence-electron chi connectivity index (χ1n) is 7.36. The second kappa shape index (κ2) is 14.5. The molecule has 0 spiro atoms. The van der Waals surface area contributed by atoms with Crippen LogP contribution in [0.3, 0.4) is 0 Å². The Hall–Kier alpha value is -0.590. The van der Waals surface area contributed by atoms with Gasteiger partial charge in [-0.2, -0.15) is 0 Å². The van der Waals surface area contributed by atoms with Crippen LogP contribution in [-0.4, -0.2) is 5.71 Å². The van der Waals surface area contributed by atoms with Gasteiger partial charge < -0.3 is 0 Å². The van der Waals surface area contributed by atoms with Crippen LogP contribution in [0.15, 0.2) is 16.8 Å². The van der Waals surface area contributed by atoms with Gasteiger partial charge in [0.25, 0.3) is 0 Å². The smallest absolute Gasteiger partial charge is 0.0261 e. The summed E-state index contributed by atoms with van der Waals surface area (Å²) in [6.07, 6.45) is 5.80. The Morgan fingerprint density at radius 2 is 1.39 bits per heavy atom. The molecule has 1 nitrogen and oxygen atoms in total. The van der Waals surface area contributed by atoms with Gasteiger partial charge in [0.15, 0.2) is 0 Å². The molecular formula is C17H37N. The van der Waals surface area contributed by atoms with Crippen molar-refractivity contribution in [1.29, 1.82) is 0 Å². The lowest BCUT2D eigenvalue weighted by Crippen LogP contribution is -2.05. The number of allylic oxidation sites excluding steroid dienone is 1. The summed E-state index contributed by atoms with van der Waals surface area (Å²) in [5.41, 5.74) is 2.88. The predicted molar refractivity (Wildman–Crippen MR) is 88.5 cm³/mol. The molecule has 0 amide bonds. The lowest BCUT2D eigenvalue weighted by Gasteiger charge is -2.07. The highest BCUT2D eigenvalue weighted by Crippen LogP contribution is 2.21. The first-order chi connectivity index (χ1) is 8.11. The number of aliphatic imine (C=N–C) groups is 1. The zero-order valence-electron chi connectivity index (χ0n) is 13.3. The largest absolute Gasteiger partial charge is 0.265 e. The monoisotopic (exact) mass is 255 g/mol. The van der Waals surface area contributed by atoms with Crippen molar-refractivity contribution in [2.45, 2.75) is 82.1 Å². The zero-order valence-corrected chi connectivity index (χ0v) is 13.3. The third-order valence-corrected chi connectivity index (χ3v) is 2.70. The molecule has 1 heterocycles. The van der Waals surface area contributed by atoms with Crippen molar-refractivity contribution < 1.29 is 0 Å². The van der Waals surface area contributed by atoms with Crippen molar-refractivity contribution in [2.75, 3.05) is 0 Å². The molecule has 0 saturated heterocycles. The molecule has 18 heavy (non-hydrogen) atoms. The van der Waals surface area contributed by atoms with Gasteiger partial charge in [-0.25, -0.2) is 0 Å². The fourth-order valence-electron chi connectivity index (χ4n) is 1.64. The van der Waals surface area contributed by atoms with Gasteiger partial charge in [0.1, 0.15) is 0 Å². The zero-order chi connectivity index (χ0) is 13.8. The molecule has 110 valence electrons. The minimum absolute atomic E-state index is 0. The van der Waals surface area contributed by atoms with Crippen molar-refractivity contribution in [2.24, 2.45) is 16.8 Å². The van der Waals surface area contributed by atoms with E-state index < -0.39 is 0 Å². The van der Waals surface area contributed by atoms with E-state index in [9.17, 15) is 0 Å². The van der Waals surface area contributed by atoms with Crippen molar-refractivity contribution in [1.82, 2.24) is 0 Å². The van der Waals surface area contributed by atoms with Crippen LogP contribution in [0.5, 0.6) is 0 Å².